The van der Waals surface area contributed by atoms with Gasteiger partial charge >= 0.3 is 5.97 Å². The quantitative estimate of drug-likeness (QED) is 0.757. The Morgan fingerprint density at radius 3 is 3.31 bits per heavy atom. The zero-order valence-electron chi connectivity index (χ0n) is 9.39. The van der Waals surface area contributed by atoms with Crippen molar-refractivity contribution in [2.24, 2.45) is 5.92 Å². The fourth-order valence-corrected chi connectivity index (χ4v) is 2.66. The number of carbonyl (C=O) groups is 1. The summed E-state index contributed by atoms with van der Waals surface area (Å²) < 4.78 is 5.06. The summed E-state index contributed by atoms with van der Waals surface area (Å²) in [5.74, 6) is -0.0543. The normalized spacial score (nSPS) is 20.8. The number of esters is 1. The zero-order valence-corrected chi connectivity index (χ0v) is 10.2. The third kappa shape index (κ3) is 2.52. The molecule has 0 saturated carbocycles. The number of hydrogen-bond acceptors (Lipinski definition) is 5. The van der Waals surface area contributed by atoms with E-state index in [1.165, 1.54) is 0 Å². The number of aromatic nitrogens is 1. The van der Waals surface area contributed by atoms with Crippen molar-refractivity contribution < 1.29 is 9.53 Å². The minimum Gasteiger partial charge on any atom is -0.466 e. The molecule has 2 rings (SSSR count). The van der Waals surface area contributed by atoms with Gasteiger partial charge in [0.2, 0.25) is 0 Å². The third-order valence-electron chi connectivity index (χ3n) is 2.73. The first kappa shape index (κ1) is 11.4. The van der Waals surface area contributed by atoms with Crippen LogP contribution >= 0.6 is 11.3 Å². The topological polar surface area (TPSA) is 42.4 Å². The molecular formula is C11H16N2O2S. The van der Waals surface area contributed by atoms with Crippen LogP contribution in [0.2, 0.25) is 0 Å². The number of piperidine rings is 1. The first-order valence-electron chi connectivity index (χ1n) is 5.62. The molecule has 1 aliphatic heterocycles. The van der Waals surface area contributed by atoms with Gasteiger partial charge in [0.25, 0.3) is 0 Å². The highest BCUT2D eigenvalue weighted by molar-refractivity contribution is 7.13. The molecule has 2 heterocycles. The average Bonchev–Trinajstić information content (AvgIpc) is 2.83. The van der Waals surface area contributed by atoms with Crippen LogP contribution in [0.4, 0.5) is 5.13 Å². The first-order valence-corrected chi connectivity index (χ1v) is 6.50. The molecule has 88 valence electrons. The molecular weight excluding hydrogens is 224 g/mol. The maximum absolute atomic E-state index is 11.6. The van der Waals surface area contributed by atoms with Gasteiger partial charge < -0.3 is 9.64 Å². The Labute approximate surface area is 99.2 Å². The van der Waals surface area contributed by atoms with Gasteiger partial charge in [-0.1, -0.05) is 0 Å². The molecule has 1 aromatic heterocycles. The summed E-state index contributed by atoms with van der Waals surface area (Å²) in [4.78, 5) is 18.1. The summed E-state index contributed by atoms with van der Waals surface area (Å²) in [5, 5.41) is 2.97. The highest BCUT2D eigenvalue weighted by Crippen LogP contribution is 2.25. The molecule has 1 fully saturated rings. The fraction of sp³-hybridized carbons (Fsp3) is 0.636. The Hall–Kier alpha value is -1.10. The Morgan fingerprint density at radius 2 is 2.62 bits per heavy atom. The number of rotatable bonds is 3. The number of hydrogen-bond donors (Lipinski definition) is 0. The van der Waals surface area contributed by atoms with Crippen LogP contribution in [0.3, 0.4) is 0 Å². The van der Waals surface area contributed by atoms with E-state index >= 15 is 0 Å². The first-order chi connectivity index (χ1) is 7.81. The van der Waals surface area contributed by atoms with Crippen molar-refractivity contribution in [3.8, 4) is 0 Å². The van der Waals surface area contributed by atoms with Gasteiger partial charge in [0.05, 0.1) is 12.5 Å². The maximum atomic E-state index is 11.6. The second-order valence-corrected chi connectivity index (χ2v) is 4.72. The minimum absolute atomic E-state index is 0.0117. The summed E-state index contributed by atoms with van der Waals surface area (Å²) in [5.41, 5.74) is 0. The van der Waals surface area contributed by atoms with E-state index in [4.69, 9.17) is 4.74 Å². The van der Waals surface area contributed by atoms with Crippen LogP contribution in [0, 0.1) is 5.92 Å². The molecule has 1 aromatic rings. The smallest absolute Gasteiger partial charge is 0.310 e. The molecule has 4 nitrogen and oxygen atoms in total. The molecule has 0 amide bonds. The van der Waals surface area contributed by atoms with Crippen LogP contribution < -0.4 is 4.90 Å². The lowest BCUT2D eigenvalue weighted by Gasteiger charge is -2.31. The van der Waals surface area contributed by atoms with Crippen molar-refractivity contribution in [1.29, 1.82) is 0 Å². The molecule has 0 aliphatic carbocycles. The molecule has 0 radical (unpaired) electrons. The van der Waals surface area contributed by atoms with Gasteiger partial charge in [0, 0.05) is 24.7 Å². The predicted octanol–water partition coefficient (Wildman–Crippen LogP) is 1.92. The molecule has 1 saturated heterocycles. The molecule has 0 aromatic carbocycles. The van der Waals surface area contributed by atoms with Gasteiger partial charge in [-0.15, -0.1) is 11.3 Å². The van der Waals surface area contributed by atoms with E-state index in [0.717, 1.165) is 31.1 Å². The molecule has 0 spiro atoms. The van der Waals surface area contributed by atoms with Crippen molar-refractivity contribution in [1.82, 2.24) is 4.98 Å². The SMILES string of the molecule is CCOC(=O)C1CCCN(c2nccs2)C1. The number of nitrogens with zero attached hydrogens (tertiary/aromatic N) is 2. The lowest BCUT2D eigenvalue weighted by molar-refractivity contribution is -0.148. The second kappa shape index (κ2) is 5.30. The molecule has 5 heteroatoms. The summed E-state index contributed by atoms with van der Waals surface area (Å²) in [6.07, 6.45) is 3.76. The lowest BCUT2D eigenvalue weighted by Crippen LogP contribution is -2.39. The van der Waals surface area contributed by atoms with Gasteiger partial charge in [0.1, 0.15) is 0 Å². The van der Waals surface area contributed by atoms with E-state index in [2.05, 4.69) is 9.88 Å². The molecule has 0 N–H and O–H groups in total. The zero-order chi connectivity index (χ0) is 11.4. The summed E-state index contributed by atoms with van der Waals surface area (Å²) in [6, 6.07) is 0. The molecule has 16 heavy (non-hydrogen) atoms. The minimum atomic E-state index is -0.0660. The number of ether oxygens (including phenoxy) is 1. The van der Waals surface area contributed by atoms with Gasteiger partial charge in [0.15, 0.2) is 5.13 Å². The lowest BCUT2D eigenvalue weighted by atomic mass is 9.99. The van der Waals surface area contributed by atoms with Crippen molar-refractivity contribution in [2.75, 3.05) is 24.6 Å². The molecule has 0 bridgehead atoms. The van der Waals surface area contributed by atoms with Crippen molar-refractivity contribution in [3.63, 3.8) is 0 Å². The van der Waals surface area contributed by atoms with E-state index in [0.29, 0.717) is 6.61 Å². The van der Waals surface area contributed by atoms with Gasteiger partial charge in [-0.2, -0.15) is 0 Å². The highest BCUT2D eigenvalue weighted by Gasteiger charge is 2.27. The maximum Gasteiger partial charge on any atom is 0.310 e. The molecule has 1 atom stereocenters. The summed E-state index contributed by atoms with van der Waals surface area (Å²) >= 11 is 1.62. The highest BCUT2D eigenvalue weighted by atomic mass is 32.1. The van der Waals surface area contributed by atoms with E-state index in [1.807, 2.05) is 12.3 Å². The van der Waals surface area contributed by atoms with Crippen LogP contribution in [0.25, 0.3) is 0 Å². The van der Waals surface area contributed by atoms with Crippen molar-refractivity contribution in [3.05, 3.63) is 11.6 Å². The van der Waals surface area contributed by atoms with Crippen molar-refractivity contribution >= 4 is 22.4 Å². The van der Waals surface area contributed by atoms with Crippen LogP contribution in [-0.4, -0.2) is 30.6 Å². The van der Waals surface area contributed by atoms with Crippen molar-refractivity contribution in [2.45, 2.75) is 19.8 Å². The predicted molar refractivity (Wildman–Crippen MR) is 63.7 cm³/mol. The summed E-state index contributed by atoms with van der Waals surface area (Å²) in [7, 11) is 0. The van der Waals surface area contributed by atoms with Gasteiger partial charge in [-0.3, -0.25) is 4.79 Å². The Balaban J connectivity index is 1.96. The Kier molecular flexibility index (Phi) is 3.77. The third-order valence-corrected chi connectivity index (χ3v) is 3.56. The van der Waals surface area contributed by atoms with E-state index in [1.54, 1.807) is 17.5 Å². The van der Waals surface area contributed by atoms with Crippen LogP contribution in [-0.2, 0) is 9.53 Å². The number of carbonyl (C=O) groups excluding carboxylic acids is 1. The number of thiazole rings is 1. The largest absolute Gasteiger partial charge is 0.466 e. The van der Waals surface area contributed by atoms with Crippen LogP contribution in [0.1, 0.15) is 19.8 Å². The standard InChI is InChI=1S/C11H16N2O2S/c1-2-15-10(14)9-4-3-6-13(8-9)11-12-5-7-16-11/h5,7,9H,2-4,6,8H2,1H3. The average molecular weight is 240 g/mol. The molecule has 1 aliphatic rings. The Bertz CT molecular complexity index is 340. The van der Waals surface area contributed by atoms with Gasteiger partial charge in [-0.05, 0) is 19.8 Å². The summed E-state index contributed by atoms with van der Waals surface area (Å²) in [6.45, 7) is 4.04. The van der Waals surface area contributed by atoms with Crippen LogP contribution in [0.15, 0.2) is 11.6 Å². The molecule has 1 unspecified atom stereocenters. The van der Waals surface area contributed by atoms with E-state index < -0.39 is 0 Å². The second-order valence-electron chi connectivity index (χ2n) is 3.85. The fourth-order valence-electron chi connectivity index (χ4n) is 1.98. The van der Waals surface area contributed by atoms with E-state index in [9.17, 15) is 4.79 Å². The number of anilines is 1. The van der Waals surface area contributed by atoms with E-state index in [-0.39, 0.29) is 11.9 Å². The monoisotopic (exact) mass is 240 g/mol. The van der Waals surface area contributed by atoms with Gasteiger partial charge in [-0.25, -0.2) is 4.98 Å². The van der Waals surface area contributed by atoms with Crippen LogP contribution in [0.5, 0.6) is 0 Å². The Morgan fingerprint density at radius 1 is 1.75 bits per heavy atom.